The fourth-order valence-corrected chi connectivity index (χ4v) is 1.93. The molecule has 94 valence electrons. The topological polar surface area (TPSA) is 38.0 Å². The molecule has 0 spiro atoms. The van der Waals surface area contributed by atoms with Gasteiger partial charge in [-0.25, -0.2) is 0 Å². The van der Waals surface area contributed by atoms with E-state index in [0.717, 1.165) is 17.7 Å². The Morgan fingerprint density at radius 3 is 2.65 bits per heavy atom. The van der Waals surface area contributed by atoms with Crippen molar-refractivity contribution in [3.05, 3.63) is 28.8 Å². The highest BCUT2D eigenvalue weighted by molar-refractivity contribution is 7.80. The average molecular weight is 271 g/mol. The number of hydrogen-bond acceptors (Lipinski definition) is 2. The van der Waals surface area contributed by atoms with Crippen LogP contribution in [0.1, 0.15) is 32.8 Å². The number of hydrogen-bond donors (Lipinski definition) is 2. The Labute approximate surface area is 114 Å². The fourth-order valence-electron chi connectivity index (χ4n) is 1.59. The van der Waals surface area contributed by atoms with Crippen molar-refractivity contribution in [2.75, 3.05) is 5.32 Å². The predicted molar refractivity (Wildman–Crippen MR) is 79.9 cm³/mol. The Morgan fingerprint density at radius 2 is 2.12 bits per heavy atom. The molecule has 1 aromatic rings. The maximum absolute atomic E-state index is 5.94. The SMILES string of the molecule is CCC(C)C(C)Nc1ccc(Cl)cc1C(N)=S. The lowest BCUT2D eigenvalue weighted by Crippen LogP contribution is -2.25. The van der Waals surface area contributed by atoms with Crippen LogP contribution in [0.3, 0.4) is 0 Å². The highest BCUT2D eigenvalue weighted by Crippen LogP contribution is 2.23. The lowest BCUT2D eigenvalue weighted by atomic mass is 10.00. The maximum atomic E-state index is 5.94. The van der Waals surface area contributed by atoms with Crippen LogP contribution in [0.25, 0.3) is 0 Å². The van der Waals surface area contributed by atoms with E-state index in [-0.39, 0.29) is 0 Å². The molecule has 0 fully saturated rings. The van der Waals surface area contributed by atoms with E-state index < -0.39 is 0 Å². The summed E-state index contributed by atoms with van der Waals surface area (Å²) < 4.78 is 0. The molecule has 3 N–H and O–H groups in total. The summed E-state index contributed by atoms with van der Waals surface area (Å²) in [5.74, 6) is 0.588. The largest absolute Gasteiger partial charge is 0.389 e. The van der Waals surface area contributed by atoms with Crippen LogP contribution in [0.15, 0.2) is 18.2 Å². The van der Waals surface area contributed by atoms with Crippen LogP contribution in [0, 0.1) is 5.92 Å². The first-order valence-electron chi connectivity index (χ1n) is 5.81. The highest BCUT2D eigenvalue weighted by Gasteiger charge is 2.13. The van der Waals surface area contributed by atoms with Crippen LogP contribution in [0.5, 0.6) is 0 Å². The molecule has 17 heavy (non-hydrogen) atoms. The lowest BCUT2D eigenvalue weighted by molar-refractivity contribution is 0.494. The summed E-state index contributed by atoms with van der Waals surface area (Å²) in [5.41, 5.74) is 7.46. The molecule has 4 heteroatoms. The predicted octanol–water partition coefficient (Wildman–Crippen LogP) is 3.82. The van der Waals surface area contributed by atoms with E-state index in [1.807, 2.05) is 12.1 Å². The van der Waals surface area contributed by atoms with E-state index in [0.29, 0.717) is 22.0 Å². The molecule has 0 saturated heterocycles. The monoisotopic (exact) mass is 270 g/mol. The maximum Gasteiger partial charge on any atom is 0.106 e. The minimum atomic E-state index is 0.367. The van der Waals surface area contributed by atoms with Gasteiger partial charge in [0.2, 0.25) is 0 Å². The first-order chi connectivity index (χ1) is 7.95. The highest BCUT2D eigenvalue weighted by atomic mass is 35.5. The lowest BCUT2D eigenvalue weighted by Gasteiger charge is -2.22. The van der Waals surface area contributed by atoms with Crippen molar-refractivity contribution < 1.29 is 0 Å². The number of thiocarbonyl (C=S) groups is 1. The Balaban J connectivity index is 2.94. The van der Waals surface area contributed by atoms with Gasteiger partial charge in [0, 0.05) is 22.3 Å². The Kier molecular flexibility index (Phi) is 5.22. The number of benzene rings is 1. The molecule has 1 rings (SSSR count). The van der Waals surface area contributed by atoms with Crippen molar-refractivity contribution in [2.45, 2.75) is 33.2 Å². The van der Waals surface area contributed by atoms with Gasteiger partial charge in [0.05, 0.1) is 0 Å². The molecule has 2 nitrogen and oxygen atoms in total. The van der Waals surface area contributed by atoms with Gasteiger partial charge < -0.3 is 11.1 Å². The molecule has 2 atom stereocenters. The first-order valence-corrected chi connectivity index (χ1v) is 6.60. The number of halogens is 1. The van der Waals surface area contributed by atoms with E-state index in [1.165, 1.54) is 0 Å². The van der Waals surface area contributed by atoms with Gasteiger partial charge in [0.15, 0.2) is 0 Å². The third-order valence-electron chi connectivity index (χ3n) is 3.13. The Morgan fingerprint density at radius 1 is 1.47 bits per heavy atom. The molecule has 1 aromatic carbocycles. The van der Waals surface area contributed by atoms with E-state index in [4.69, 9.17) is 29.6 Å². The second-order valence-corrected chi connectivity index (χ2v) is 5.25. The zero-order chi connectivity index (χ0) is 13.0. The third-order valence-corrected chi connectivity index (χ3v) is 3.58. The van der Waals surface area contributed by atoms with Gasteiger partial charge in [0.1, 0.15) is 4.99 Å². The number of rotatable bonds is 5. The molecule has 0 radical (unpaired) electrons. The van der Waals surface area contributed by atoms with Gasteiger partial charge >= 0.3 is 0 Å². The van der Waals surface area contributed by atoms with Gasteiger partial charge in [-0.2, -0.15) is 0 Å². The molecule has 0 saturated carbocycles. The molecular formula is C13H19ClN2S. The molecule has 0 amide bonds. The van der Waals surface area contributed by atoms with Gasteiger partial charge in [-0.3, -0.25) is 0 Å². The van der Waals surface area contributed by atoms with Crippen LogP contribution in [-0.2, 0) is 0 Å². The van der Waals surface area contributed by atoms with Gasteiger partial charge in [-0.15, -0.1) is 0 Å². The van der Waals surface area contributed by atoms with Crippen molar-refractivity contribution in [1.29, 1.82) is 0 Å². The summed E-state index contributed by atoms with van der Waals surface area (Å²) in [6.07, 6.45) is 1.13. The van der Waals surface area contributed by atoms with Gasteiger partial charge in [-0.1, -0.05) is 44.1 Å². The van der Waals surface area contributed by atoms with Crippen LogP contribution < -0.4 is 11.1 Å². The van der Waals surface area contributed by atoms with E-state index in [1.54, 1.807) is 6.07 Å². The quantitative estimate of drug-likeness (QED) is 0.799. The van der Waals surface area contributed by atoms with Crippen LogP contribution in [0.2, 0.25) is 5.02 Å². The average Bonchev–Trinajstić information content (AvgIpc) is 2.29. The summed E-state index contributed by atoms with van der Waals surface area (Å²) in [5, 5.41) is 4.09. The molecule has 2 unspecified atom stereocenters. The second-order valence-electron chi connectivity index (χ2n) is 4.37. The van der Waals surface area contributed by atoms with E-state index in [2.05, 4.69) is 26.1 Å². The summed E-state index contributed by atoms with van der Waals surface area (Å²) >= 11 is 11.0. The molecule has 0 bridgehead atoms. The van der Waals surface area contributed by atoms with Gasteiger partial charge in [-0.05, 0) is 31.0 Å². The molecule has 0 aliphatic heterocycles. The fraction of sp³-hybridized carbons (Fsp3) is 0.462. The van der Waals surface area contributed by atoms with Crippen molar-refractivity contribution >= 4 is 34.5 Å². The standard InChI is InChI=1S/C13H19ClN2S/c1-4-8(2)9(3)16-12-6-5-10(14)7-11(12)13(15)17/h5-9,16H,4H2,1-3H3,(H2,15,17). The smallest absolute Gasteiger partial charge is 0.106 e. The third kappa shape index (κ3) is 3.86. The molecule has 0 aliphatic carbocycles. The van der Waals surface area contributed by atoms with Crippen molar-refractivity contribution in [3.8, 4) is 0 Å². The summed E-state index contributed by atoms with van der Waals surface area (Å²) in [7, 11) is 0. The van der Waals surface area contributed by atoms with E-state index in [9.17, 15) is 0 Å². The number of nitrogens with one attached hydrogen (secondary N) is 1. The first kappa shape index (κ1) is 14.3. The van der Waals surface area contributed by atoms with Crippen LogP contribution in [0.4, 0.5) is 5.69 Å². The minimum absolute atomic E-state index is 0.367. The van der Waals surface area contributed by atoms with Crippen molar-refractivity contribution in [2.24, 2.45) is 11.7 Å². The normalized spacial score (nSPS) is 14.1. The summed E-state index contributed by atoms with van der Waals surface area (Å²) in [6.45, 7) is 6.55. The zero-order valence-electron chi connectivity index (χ0n) is 10.5. The summed E-state index contributed by atoms with van der Waals surface area (Å²) in [4.78, 5) is 0.367. The number of anilines is 1. The minimum Gasteiger partial charge on any atom is -0.389 e. The van der Waals surface area contributed by atoms with Crippen molar-refractivity contribution in [3.63, 3.8) is 0 Å². The molecular weight excluding hydrogens is 252 g/mol. The number of nitrogens with two attached hydrogens (primary N) is 1. The van der Waals surface area contributed by atoms with Crippen molar-refractivity contribution in [1.82, 2.24) is 0 Å². The summed E-state index contributed by atoms with van der Waals surface area (Å²) in [6, 6.07) is 5.94. The van der Waals surface area contributed by atoms with Gasteiger partial charge in [0.25, 0.3) is 0 Å². The molecule has 0 heterocycles. The van der Waals surface area contributed by atoms with Crippen LogP contribution >= 0.6 is 23.8 Å². The van der Waals surface area contributed by atoms with Crippen LogP contribution in [-0.4, -0.2) is 11.0 Å². The molecule has 0 aromatic heterocycles. The van der Waals surface area contributed by atoms with E-state index >= 15 is 0 Å². The second kappa shape index (κ2) is 6.22. The molecule has 0 aliphatic rings. The Hall–Kier alpha value is -0.800. The Bertz CT molecular complexity index is 406. The zero-order valence-corrected chi connectivity index (χ0v) is 12.0.